The summed E-state index contributed by atoms with van der Waals surface area (Å²) in [6.45, 7) is 0.322. The molecule has 1 N–H and O–H groups in total. The molecule has 1 saturated heterocycles. The van der Waals surface area contributed by atoms with E-state index in [1.165, 1.54) is 7.11 Å². The van der Waals surface area contributed by atoms with E-state index in [0.717, 1.165) is 0 Å². The number of amides is 1. The van der Waals surface area contributed by atoms with Gasteiger partial charge < -0.3 is 14.8 Å². The predicted octanol–water partition coefficient (Wildman–Crippen LogP) is -0.328. The van der Waals surface area contributed by atoms with Crippen LogP contribution in [0.15, 0.2) is 0 Å². The zero-order valence-corrected chi connectivity index (χ0v) is 8.54. The highest BCUT2D eigenvalue weighted by Gasteiger charge is 2.32. The Morgan fingerprint density at radius 3 is 2.93 bits per heavy atom. The number of halogens is 1. The molecule has 0 spiro atoms. The first-order valence-electron chi connectivity index (χ1n) is 4.22. The maximum absolute atomic E-state index is 11.0. The molecular formula is C8H12ClNO4. The molecule has 14 heavy (non-hydrogen) atoms. The average Bonchev–Trinajstić information content (AvgIpc) is 2.65. The van der Waals surface area contributed by atoms with Crippen molar-refractivity contribution in [2.24, 2.45) is 0 Å². The van der Waals surface area contributed by atoms with E-state index >= 15 is 0 Å². The summed E-state index contributed by atoms with van der Waals surface area (Å²) < 4.78 is 9.64. The van der Waals surface area contributed by atoms with Crippen molar-refractivity contribution >= 4 is 23.5 Å². The molecule has 0 aromatic heterocycles. The van der Waals surface area contributed by atoms with Crippen LogP contribution in [0.4, 0.5) is 0 Å². The van der Waals surface area contributed by atoms with Gasteiger partial charge in [-0.25, -0.2) is 4.79 Å². The van der Waals surface area contributed by atoms with Crippen molar-refractivity contribution < 1.29 is 19.1 Å². The molecule has 1 fully saturated rings. The molecule has 0 saturated carbocycles. The first kappa shape index (κ1) is 11.3. The van der Waals surface area contributed by atoms with Crippen LogP contribution in [0.3, 0.4) is 0 Å². The second-order valence-corrected chi connectivity index (χ2v) is 3.25. The third-order valence-electron chi connectivity index (χ3n) is 1.95. The molecule has 1 heterocycles. The van der Waals surface area contributed by atoms with Crippen LogP contribution in [-0.4, -0.2) is 43.6 Å². The number of methoxy groups -OCH3 is 1. The van der Waals surface area contributed by atoms with Gasteiger partial charge in [-0.15, -0.1) is 11.6 Å². The van der Waals surface area contributed by atoms with Gasteiger partial charge >= 0.3 is 5.97 Å². The van der Waals surface area contributed by atoms with Crippen molar-refractivity contribution in [1.82, 2.24) is 5.32 Å². The van der Waals surface area contributed by atoms with E-state index < -0.39 is 12.1 Å². The van der Waals surface area contributed by atoms with Crippen molar-refractivity contribution in [3.05, 3.63) is 0 Å². The number of ether oxygens (including phenoxy) is 2. The summed E-state index contributed by atoms with van der Waals surface area (Å²) in [5.41, 5.74) is 0. The van der Waals surface area contributed by atoms with Gasteiger partial charge in [0.25, 0.3) is 0 Å². The molecule has 1 amide bonds. The fourth-order valence-corrected chi connectivity index (χ4v) is 1.37. The van der Waals surface area contributed by atoms with Gasteiger partial charge in [0.1, 0.15) is 5.88 Å². The molecule has 0 aliphatic carbocycles. The number of hydrogen-bond donors (Lipinski definition) is 1. The lowest BCUT2D eigenvalue weighted by Gasteiger charge is -2.08. The summed E-state index contributed by atoms with van der Waals surface area (Å²) in [5, 5.41) is 2.63. The highest BCUT2D eigenvalue weighted by atomic mass is 35.5. The topological polar surface area (TPSA) is 64.6 Å². The van der Waals surface area contributed by atoms with Gasteiger partial charge in [-0.3, -0.25) is 4.79 Å². The summed E-state index contributed by atoms with van der Waals surface area (Å²) in [4.78, 5) is 21.9. The summed E-state index contributed by atoms with van der Waals surface area (Å²) >= 11 is 5.31. The maximum Gasteiger partial charge on any atom is 0.335 e. The van der Waals surface area contributed by atoms with Crippen molar-refractivity contribution in [1.29, 1.82) is 0 Å². The Morgan fingerprint density at radius 2 is 2.36 bits per heavy atom. The van der Waals surface area contributed by atoms with Crippen LogP contribution in [0.5, 0.6) is 0 Å². The lowest BCUT2D eigenvalue weighted by atomic mass is 10.2. The van der Waals surface area contributed by atoms with Crippen molar-refractivity contribution in [3.63, 3.8) is 0 Å². The van der Waals surface area contributed by atoms with Crippen molar-refractivity contribution in [3.8, 4) is 0 Å². The van der Waals surface area contributed by atoms with E-state index in [2.05, 4.69) is 10.1 Å². The first-order chi connectivity index (χ1) is 6.67. The van der Waals surface area contributed by atoms with E-state index in [-0.39, 0.29) is 17.8 Å². The fourth-order valence-electron chi connectivity index (χ4n) is 1.29. The third kappa shape index (κ3) is 2.85. The summed E-state index contributed by atoms with van der Waals surface area (Å²) in [6.07, 6.45) is -0.129. The molecule has 6 heteroatoms. The lowest BCUT2D eigenvalue weighted by Crippen LogP contribution is -2.36. The number of carbonyl (C=O) groups is 2. The largest absolute Gasteiger partial charge is 0.467 e. The predicted molar refractivity (Wildman–Crippen MR) is 49.0 cm³/mol. The standard InChI is InChI=1S/C8H12ClNO4/c1-13-8(12)6-2-5(4-14-6)10-7(11)3-9/h5-6H,2-4H2,1H3,(H,10,11)/t5-,6-/m0/s1. The SMILES string of the molecule is COC(=O)[C@@H]1C[C@H](NC(=O)CCl)CO1. The summed E-state index contributed by atoms with van der Waals surface area (Å²) in [7, 11) is 1.30. The minimum atomic E-state index is -0.569. The van der Waals surface area contributed by atoms with Crippen LogP contribution in [0.25, 0.3) is 0 Å². The number of nitrogens with one attached hydrogen (secondary N) is 1. The highest BCUT2D eigenvalue weighted by Crippen LogP contribution is 2.14. The number of alkyl halides is 1. The Kier molecular flexibility index (Phi) is 4.16. The van der Waals surface area contributed by atoms with E-state index in [9.17, 15) is 9.59 Å². The Bertz CT molecular complexity index is 233. The number of esters is 1. The van der Waals surface area contributed by atoms with E-state index in [1.807, 2.05) is 0 Å². The van der Waals surface area contributed by atoms with E-state index in [1.54, 1.807) is 0 Å². The second kappa shape index (κ2) is 5.17. The van der Waals surface area contributed by atoms with Crippen molar-refractivity contribution in [2.75, 3.05) is 19.6 Å². The Morgan fingerprint density at radius 1 is 1.64 bits per heavy atom. The molecule has 1 aliphatic rings. The van der Waals surface area contributed by atoms with Gasteiger partial charge in [0.2, 0.25) is 5.91 Å². The molecule has 0 radical (unpaired) electrons. The normalized spacial score (nSPS) is 25.9. The van der Waals surface area contributed by atoms with Gasteiger partial charge in [0.05, 0.1) is 19.8 Å². The molecule has 1 rings (SSSR count). The number of hydrogen-bond acceptors (Lipinski definition) is 4. The number of carbonyl (C=O) groups excluding carboxylic acids is 2. The van der Waals surface area contributed by atoms with Crippen LogP contribution >= 0.6 is 11.6 Å². The van der Waals surface area contributed by atoms with E-state index in [4.69, 9.17) is 16.3 Å². The summed E-state index contributed by atoms with van der Waals surface area (Å²) in [6, 6.07) is -0.148. The molecule has 0 bridgehead atoms. The molecular weight excluding hydrogens is 210 g/mol. The smallest absolute Gasteiger partial charge is 0.335 e. The molecule has 2 atom stereocenters. The van der Waals surface area contributed by atoms with Gasteiger partial charge in [-0.05, 0) is 0 Å². The van der Waals surface area contributed by atoms with Crippen LogP contribution in [0, 0.1) is 0 Å². The lowest BCUT2D eigenvalue weighted by molar-refractivity contribution is -0.151. The van der Waals surface area contributed by atoms with Crippen LogP contribution in [0.1, 0.15) is 6.42 Å². The fraction of sp³-hybridized carbons (Fsp3) is 0.750. The third-order valence-corrected chi connectivity index (χ3v) is 2.19. The quantitative estimate of drug-likeness (QED) is 0.524. The highest BCUT2D eigenvalue weighted by molar-refractivity contribution is 6.27. The number of rotatable bonds is 3. The maximum atomic E-state index is 11.0. The van der Waals surface area contributed by atoms with Crippen LogP contribution < -0.4 is 5.32 Å². The Hall–Kier alpha value is -0.810. The molecule has 0 unspecified atom stereocenters. The second-order valence-electron chi connectivity index (χ2n) is 2.98. The molecule has 80 valence electrons. The van der Waals surface area contributed by atoms with Gasteiger partial charge in [0, 0.05) is 6.42 Å². The first-order valence-corrected chi connectivity index (χ1v) is 4.75. The Balaban J connectivity index is 2.34. The molecule has 1 aliphatic heterocycles. The Labute approximate surface area is 86.7 Å². The minimum Gasteiger partial charge on any atom is -0.467 e. The van der Waals surface area contributed by atoms with Crippen LogP contribution in [0.2, 0.25) is 0 Å². The molecule has 0 aromatic rings. The molecule has 0 aromatic carbocycles. The zero-order valence-electron chi connectivity index (χ0n) is 7.79. The van der Waals surface area contributed by atoms with Gasteiger partial charge in [-0.2, -0.15) is 0 Å². The molecule has 5 nitrogen and oxygen atoms in total. The minimum absolute atomic E-state index is 0.0839. The van der Waals surface area contributed by atoms with Crippen molar-refractivity contribution in [2.45, 2.75) is 18.6 Å². The van der Waals surface area contributed by atoms with E-state index in [0.29, 0.717) is 13.0 Å². The van der Waals surface area contributed by atoms with Gasteiger partial charge in [0.15, 0.2) is 6.10 Å². The average molecular weight is 222 g/mol. The van der Waals surface area contributed by atoms with Gasteiger partial charge in [-0.1, -0.05) is 0 Å². The van der Waals surface area contributed by atoms with Crippen LogP contribution in [-0.2, 0) is 19.1 Å². The monoisotopic (exact) mass is 221 g/mol. The zero-order chi connectivity index (χ0) is 10.6. The summed E-state index contributed by atoms with van der Waals surface area (Å²) in [5.74, 6) is -0.752.